The zero-order valence-electron chi connectivity index (χ0n) is 10.4. The van der Waals surface area contributed by atoms with E-state index in [0.29, 0.717) is 13.2 Å². The van der Waals surface area contributed by atoms with Crippen molar-refractivity contribution in [2.24, 2.45) is 0 Å². The lowest BCUT2D eigenvalue weighted by Crippen LogP contribution is -2.41. The maximum atomic E-state index is 11.3. The van der Waals surface area contributed by atoms with Crippen LogP contribution in [0, 0.1) is 0 Å². The van der Waals surface area contributed by atoms with Crippen LogP contribution in [0.15, 0.2) is 0 Å². The van der Waals surface area contributed by atoms with E-state index >= 15 is 0 Å². The zero-order valence-corrected chi connectivity index (χ0v) is 11.2. The smallest absolute Gasteiger partial charge is 0.327 e. The lowest BCUT2D eigenvalue weighted by atomic mass is 10.3. The molecule has 0 unspecified atom stereocenters. The van der Waals surface area contributed by atoms with Gasteiger partial charge in [-0.05, 0) is 0 Å². The van der Waals surface area contributed by atoms with Gasteiger partial charge in [-0.15, -0.1) is 11.8 Å². The molecule has 0 fully saturated rings. The van der Waals surface area contributed by atoms with Crippen molar-refractivity contribution in [3.8, 4) is 0 Å². The fourth-order valence-electron chi connectivity index (χ4n) is 1.03. The summed E-state index contributed by atoms with van der Waals surface area (Å²) in [5.74, 6) is -1.42. The van der Waals surface area contributed by atoms with E-state index in [-0.39, 0.29) is 17.4 Å². The van der Waals surface area contributed by atoms with Gasteiger partial charge in [0.2, 0.25) is 11.8 Å². The topological polar surface area (TPSA) is 105 Å². The summed E-state index contributed by atoms with van der Waals surface area (Å²) < 4.78 is 4.76. The Kier molecular flexibility index (Phi) is 9.03. The molecule has 0 saturated carbocycles. The third kappa shape index (κ3) is 8.82. The average Bonchev–Trinajstić information content (AvgIpc) is 2.27. The van der Waals surface area contributed by atoms with Crippen LogP contribution in [-0.2, 0) is 19.1 Å². The van der Waals surface area contributed by atoms with Crippen LogP contribution in [0.5, 0.6) is 0 Å². The van der Waals surface area contributed by atoms with Gasteiger partial charge in [-0.1, -0.05) is 0 Å². The van der Waals surface area contributed by atoms with E-state index in [1.165, 1.54) is 14.0 Å². The molecule has 0 aliphatic carbocycles. The Bertz CT molecular complexity index is 298. The SMILES string of the molecule is COCCNC(=O)CSC[C@H](NC(C)=O)C(=O)O. The van der Waals surface area contributed by atoms with Crippen molar-refractivity contribution in [3.05, 3.63) is 0 Å². The van der Waals surface area contributed by atoms with Crippen LogP contribution in [0.3, 0.4) is 0 Å². The fourth-order valence-corrected chi connectivity index (χ4v) is 1.90. The number of carbonyl (C=O) groups excluding carboxylic acids is 2. The molecule has 0 radical (unpaired) electrons. The molecular weight excluding hydrogens is 260 g/mol. The quantitative estimate of drug-likeness (QED) is 0.471. The summed E-state index contributed by atoms with van der Waals surface area (Å²) in [5.41, 5.74) is 0. The number of carboxylic acid groups (broad SMARTS) is 1. The van der Waals surface area contributed by atoms with E-state index in [0.717, 1.165) is 11.8 Å². The monoisotopic (exact) mass is 278 g/mol. The first-order valence-corrected chi connectivity index (χ1v) is 6.46. The summed E-state index contributed by atoms with van der Waals surface area (Å²) in [6, 6.07) is -0.973. The van der Waals surface area contributed by atoms with Gasteiger partial charge >= 0.3 is 5.97 Å². The fraction of sp³-hybridized carbons (Fsp3) is 0.700. The molecule has 0 spiro atoms. The van der Waals surface area contributed by atoms with Crippen molar-refractivity contribution in [3.63, 3.8) is 0 Å². The van der Waals surface area contributed by atoms with Gasteiger partial charge in [0.15, 0.2) is 0 Å². The minimum atomic E-state index is -1.11. The Morgan fingerprint density at radius 2 is 2.06 bits per heavy atom. The highest BCUT2D eigenvalue weighted by Gasteiger charge is 2.18. The average molecular weight is 278 g/mol. The highest BCUT2D eigenvalue weighted by Crippen LogP contribution is 2.03. The van der Waals surface area contributed by atoms with Gasteiger partial charge in [0.05, 0.1) is 12.4 Å². The largest absolute Gasteiger partial charge is 0.480 e. The molecule has 0 rings (SSSR count). The van der Waals surface area contributed by atoms with Crippen LogP contribution >= 0.6 is 11.8 Å². The van der Waals surface area contributed by atoms with E-state index in [9.17, 15) is 14.4 Å². The summed E-state index contributed by atoms with van der Waals surface area (Å²) in [6.45, 7) is 2.10. The zero-order chi connectivity index (χ0) is 14.0. The lowest BCUT2D eigenvalue weighted by molar-refractivity contribution is -0.140. The third-order valence-corrected chi connectivity index (χ3v) is 2.86. The van der Waals surface area contributed by atoms with Crippen LogP contribution < -0.4 is 10.6 Å². The summed E-state index contributed by atoms with van der Waals surface area (Å²) in [7, 11) is 1.53. The number of carboxylic acids is 1. The predicted molar refractivity (Wildman–Crippen MR) is 67.5 cm³/mol. The van der Waals surface area contributed by atoms with Crippen LogP contribution in [-0.4, -0.2) is 60.7 Å². The number of hydrogen-bond donors (Lipinski definition) is 3. The molecule has 0 bridgehead atoms. The maximum Gasteiger partial charge on any atom is 0.327 e. The minimum Gasteiger partial charge on any atom is -0.480 e. The molecule has 1 atom stereocenters. The standard InChI is InChI=1S/C10H18N2O5S/c1-7(13)12-8(10(15)16)5-18-6-9(14)11-3-4-17-2/h8H,3-6H2,1-2H3,(H,11,14)(H,12,13)(H,15,16)/t8-/m0/s1. The number of thioether (sulfide) groups is 1. The second kappa shape index (κ2) is 9.72. The van der Waals surface area contributed by atoms with Crippen molar-refractivity contribution in [1.29, 1.82) is 0 Å². The van der Waals surface area contributed by atoms with Gasteiger partial charge in [0.1, 0.15) is 6.04 Å². The molecule has 0 aromatic rings. The van der Waals surface area contributed by atoms with Gasteiger partial charge < -0.3 is 20.5 Å². The molecule has 104 valence electrons. The number of hydrogen-bond acceptors (Lipinski definition) is 5. The Hall–Kier alpha value is -1.28. The maximum absolute atomic E-state index is 11.3. The molecule has 8 heteroatoms. The van der Waals surface area contributed by atoms with Gasteiger partial charge in [0.25, 0.3) is 0 Å². The summed E-state index contributed by atoms with van der Waals surface area (Å²) in [6.07, 6.45) is 0. The van der Waals surface area contributed by atoms with Crippen LogP contribution in [0.2, 0.25) is 0 Å². The van der Waals surface area contributed by atoms with Gasteiger partial charge in [-0.3, -0.25) is 9.59 Å². The van der Waals surface area contributed by atoms with Crippen molar-refractivity contribution in [1.82, 2.24) is 10.6 Å². The van der Waals surface area contributed by atoms with Gasteiger partial charge in [0, 0.05) is 26.3 Å². The molecule has 18 heavy (non-hydrogen) atoms. The number of amides is 2. The van der Waals surface area contributed by atoms with Gasteiger partial charge in [-0.2, -0.15) is 0 Å². The Morgan fingerprint density at radius 1 is 1.39 bits per heavy atom. The van der Waals surface area contributed by atoms with E-state index in [1.54, 1.807) is 0 Å². The highest BCUT2D eigenvalue weighted by atomic mass is 32.2. The number of carbonyl (C=O) groups is 3. The van der Waals surface area contributed by atoms with Crippen molar-refractivity contribution >= 4 is 29.5 Å². The molecule has 0 aliphatic rings. The van der Waals surface area contributed by atoms with E-state index < -0.39 is 17.9 Å². The number of methoxy groups -OCH3 is 1. The summed E-state index contributed by atoms with van der Waals surface area (Å²) in [5, 5.41) is 13.7. The Balaban J connectivity index is 3.81. The summed E-state index contributed by atoms with van der Waals surface area (Å²) >= 11 is 1.15. The molecular formula is C10H18N2O5S. The molecule has 7 nitrogen and oxygen atoms in total. The van der Waals surface area contributed by atoms with Gasteiger partial charge in [-0.25, -0.2) is 4.79 Å². The Morgan fingerprint density at radius 3 is 2.56 bits per heavy atom. The number of nitrogens with one attached hydrogen (secondary N) is 2. The Labute approximate surface area is 110 Å². The molecule has 0 aromatic carbocycles. The number of aliphatic carboxylic acids is 1. The first kappa shape index (κ1) is 16.7. The number of rotatable bonds is 9. The molecule has 0 aliphatic heterocycles. The molecule has 0 heterocycles. The second-order valence-corrected chi connectivity index (χ2v) is 4.48. The normalized spacial score (nSPS) is 11.7. The second-order valence-electron chi connectivity index (χ2n) is 3.45. The first-order chi connectivity index (χ1) is 8.47. The molecule has 0 aromatic heterocycles. The predicted octanol–water partition coefficient (Wildman–Crippen LogP) is -0.928. The third-order valence-electron chi connectivity index (χ3n) is 1.82. The van der Waals surface area contributed by atoms with Crippen LogP contribution in [0.25, 0.3) is 0 Å². The first-order valence-electron chi connectivity index (χ1n) is 5.30. The van der Waals surface area contributed by atoms with E-state index in [1.807, 2.05) is 0 Å². The minimum absolute atomic E-state index is 0.145. The number of ether oxygens (including phenoxy) is 1. The summed E-state index contributed by atoms with van der Waals surface area (Å²) in [4.78, 5) is 32.8. The molecule has 2 amide bonds. The van der Waals surface area contributed by atoms with Crippen LogP contribution in [0.1, 0.15) is 6.92 Å². The molecule has 0 saturated heterocycles. The highest BCUT2D eigenvalue weighted by molar-refractivity contribution is 8.00. The van der Waals surface area contributed by atoms with Crippen LogP contribution in [0.4, 0.5) is 0 Å². The lowest BCUT2D eigenvalue weighted by Gasteiger charge is -2.12. The molecule has 3 N–H and O–H groups in total. The van der Waals surface area contributed by atoms with Crippen molar-refractivity contribution < 1.29 is 24.2 Å². The van der Waals surface area contributed by atoms with Crippen molar-refractivity contribution in [2.45, 2.75) is 13.0 Å². The van der Waals surface area contributed by atoms with E-state index in [4.69, 9.17) is 9.84 Å². The van der Waals surface area contributed by atoms with Crippen molar-refractivity contribution in [2.75, 3.05) is 31.8 Å². The van der Waals surface area contributed by atoms with E-state index in [2.05, 4.69) is 10.6 Å².